The first-order valence-electron chi connectivity index (χ1n) is 10.1. The van der Waals surface area contributed by atoms with E-state index < -0.39 is 0 Å². The highest BCUT2D eigenvalue weighted by atomic mass is 16.5. The van der Waals surface area contributed by atoms with E-state index in [0.29, 0.717) is 58.4 Å². The summed E-state index contributed by atoms with van der Waals surface area (Å²) in [7, 11) is 1.56. The predicted octanol–water partition coefficient (Wildman–Crippen LogP) is 2.99. The summed E-state index contributed by atoms with van der Waals surface area (Å²) in [6.45, 7) is 1.15. The zero-order valence-corrected chi connectivity index (χ0v) is 17.3. The fourth-order valence-corrected chi connectivity index (χ4v) is 3.69. The van der Waals surface area contributed by atoms with E-state index in [9.17, 15) is 9.59 Å². The standard InChI is InChI=1S/C24H19N5O3/c1-32-16-6-4-5-15(13-16)22(30)17-7-2-3-8-18(17)23-25-10-9-19(27-23)20-14-21-24(31)26-11-12-29(21)28-20/h2-10,13-14H,11-12H2,1H3,(H,26,31). The van der Waals surface area contributed by atoms with E-state index in [1.54, 1.807) is 60.5 Å². The van der Waals surface area contributed by atoms with Crippen molar-refractivity contribution >= 4 is 11.7 Å². The smallest absolute Gasteiger partial charge is 0.269 e. The van der Waals surface area contributed by atoms with Gasteiger partial charge >= 0.3 is 0 Å². The molecule has 32 heavy (non-hydrogen) atoms. The summed E-state index contributed by atoms with van der Waals surface area (Å²) in [4.78, 5) is 34.4. The zero-order valence-electron chi connectivity index (χ0n) is 17.3. The second-order valence-electron chi connectivity index (χ2n) is 7.27. The number of hydrogen-bond donors (Lipinski definition) is 1. The van der Waals surface area contributed by atoms with E-state index in [1.165, 1.54) is 0 Å². The van der Waals surface area contributed by atoms with Crippen molar-refractivity contribution in [1.82, 2.24) is 25.1 Å². The van der Waals surface area contributed by atoms with Crippen LogP contribution >= 0.6 is 0 Å². The van der Waals surface area contributed by atoms with Crippen LogP contribution in [0, 0.1) is 0 Å². The molecule has 0 saturated carbocycles. The number of ether oxygens (including phenoxy) is 1. The maximum atomic E-state index is 13.3. The Bertz CT molecular complexity index is 1340. The third-order valence-electron chi connectivity index (χ3n) is 5.28. The molecule has 0 saturated heterocycles. The number of methoxy groups -OCH3 is 1. The number of carbonyl (C=O) groups is 2. The molecule has 0 fully saturated rings. The van der Waals surface area contributed by atoms with Crippen molar-refractivity contribution in [2.24, 2.45) is 0 Å². The van der Waals surface area contributed by atoms with Crippen LogP contribution < -0.4 is 10.1 Å². The SMILES string of the molecule is COc1cccc(C(=O)c2ccccc2-c2nccc(-c3cc4n(n3)CCNC4=O)n2)c1. The summed E-state index contributed by atoms with van der Waals surface area (Å²) in [5, 5.41) is 7.32. The fourth-order valence-electron chi connectivity index (χ4n) is 3.69. The Hall–Kier alpha value is -4.33. The number of benzene rings is 2. The van der Waals surface area contributed by atoms with Crippen molar-refractivity contribution in [3.05, 3.63) is 83.7 Å². The molecule has 2 aromatic carbocycles. The van der Waals surface area contributed by atoms with Crippen LogP contribution in [-0.4, -0.2) is 45.1 Å². The van der Waals surface area contributed by atoms with Gasteiger partial charge in [-0.05, 0) is 24.3 Å². The lowest BCUT2D eigenvalue weighted by Crippen LogP contribution is -2.35. The molecular weight excluding hydrogens is 406 g/mol. The molecule has 0 radical (unpaired) electrons. The Morgan fingerprint density at radius 2 is 1.94 bits per heavy atom. The Morgan fingerprint density at radius 3 is 2.78 bits per heavy atom. The Morgan fingerprint density at radius 1 is 1.06 bits per heavy atom. The first-order chi connectivity index (χ1) is 15.6. The van der Waals surface area contributed by atoms with Gasteiger partial charge in [-0.15, -0.1) is 0 Å². The molecule has 0 atom stereocenters. The number of nitrogens with one attached hydrogen (secondary N) is 1. The van der Waals surface area contributed by atoms with Gasteiger partial charge in [0.25, 0.3) is 5.91 Å². The van der Waals surface area contributed by atoms with Gasteiger partial charge in [0.1, 0.15) is 17.1 Å². The summed E-state index contributed by atoms with van der Waals surface area (Å²) in [6, 6.07) is 17.7. The molecule has 4 aromatic rings. The number of carbonyl (C=O) groups excluding carboxylic acids is 2. The average Bonchev–Trinajstić information content (AvgIpc) is 3.30. The highest BCUT2D eigenvalue weighted by Crippen LogP contribution is 2.26. The van der Waals surface area contributed by atoms with E-state index in [4.69, 9.17) is 4.74 Å². The van der Waals surface area contributed by atoms with Gasteiger partial charge in [0, 0.05) is 29.4 Å². The summed E-state index contributed by atoms with van der Waals surface area (Å²) in [5.74, 6) is 0.713. The van der Waals surface area contributed by atoms with Gasteiger partial charge in [0.2, 0.25) is 0 Å². The van der Waals surface area contributed by atoms with Gasteiger partial charge in [0.05, 0.1) is 19.3 Å². The molecule has 0 bridgehead atoms. The van der Waals surface area contributed by atoms with E-state index in [2.05, 4.69) is 20.4 Å². The minimum atomic E-state index is -0.154. The van der Waals surface area contributed by atoms with E-state index in [1.807, 2.05) is 18.2 Å². The van der Waals surface area contributed by atoms with Gasteiger partial charge in [-0.25, -0.2) is 9.97 Å². The molecule has 5 rings (SSSR count). The quantitative estimate of drug-likeness (QED) is 0.494. The van der Waals surface area contributed by atoms with Crippen molar-refractivity contribution in [2.45, 2.75) is 6.54 Å². The first kappa shape index (κ1) is 19.6. The second-order valence-corrected chi connectivity index (χ2v) is 7.27. The van der Waals surface area contributed by atoms with Crippen LogP contribution in [0.1, 0.15) is 26.4 Å². The Kier molecular flexibility index (Phi) is 4.95. The van der Waals surface area contributed by atoms with Crippen LogP contribution in [0.2, 0.25) is 0 Å². The summed E-state index contributed by atoms with van der Waals surface area (Å²) < 4.78 is 6.93. The minimum Gasteiger partial charge on any atom is -0.497 e. The third kappa shape index (κ3) is 3.51. The molecule has 3 heterocycles. The number of nitrogens with zero attached hydrogens (tertiary/aromatic N) is 4. The van der Waals surface area contributed by atoms with Crippen LogP contribution in [-0.2, 0) is 6.54 Å². The lowest BCUT2D eigenvalue weighted by Gasteiger charge is -2.13. The summed E-state index contributed by atoms with van der Waals surface area (Å²) in [5.41, 5.74) is 3.27. The van der Waals surface area contributed by atoms with Crippen LogP contribution in [0.4, 0.5) is 0 Å². The molecule has 2 aromatic heterocycles. The van der Waals surface area contributed by atoms with E-state index >= 15 is 0 Å². The van der Waals surface area contributed by atoms with Gasteiger partial charge in [-0.3, -0.25) is 14.3 Å². The molecule has 0 spiro atoms. The molecule has 1 aliphatic rings. The monoisotopic (exact) mass is 425 g/mol. The van der Waals surface area contributed by atoms with Gasteiger partial charge in [-0.2, -0.15) is 5.10 Å². The molecule has 1 N–H and O–H groups in total. The minimum absolute atomic E-state index is 0.150. The van der Waals surface area contributed by atoms with Gasteiger partial charge in [0.15, 0.2) is 11.6 Å². The normalized spacial score (nSPS) is 12.7. The van der Waals surface area contributed by atoms with Crippen molar-refractivity contribution in [2.75, 3.05) is 13.7 Å². The van der Waals surface area contributed by atoms with Crippen LogP contribution in [0.25, 0.3) is 22.8 Å². The maximum Gasteiger partial charge on any atom is 0.269 e. The molecular formula is C24H19N5O3. The van der Waals surface area contributed by atoms with Crippen LogP contribution in [0.3, 0.4) is 0 Å². The lowest BCUT2D eigenvalue weighted by molar-refractivity contribution is 0.0924. The van der Waals surface area contributed by atoms with E-state index in [0.717, 1.165) is 0 Å². The second kappa shape index (κ2) is 8.07. The van der Waals surface area contributed by atoms with Gasteiger partial charge < -0.3 is 10.1 Å². The highest BCUT2D eigenvalue weighted by Gasteiger charge is 2.21. The maximum absolute atomic E-state index is 13.3. The lowest BCUT2D eigenvalue weighted by atomic mass is 9.97. The van der Waals surface area contributed by atoms with Crippen molar-refractivity contribution < 1.29 is 14.3 Å². The first-order valence-corrected chi connectivity index (χ1v) is 10.1. The van der Waals surface area contributed by atoms with Crippen LogP contribution in [0.15, 0.2) is 66.9 Å². The predicted molar refractivity (Wildman–Crippen MR) is 117 cm³/mol. The van der Waals surface area contributed by atoms with Crippen molar-refractivity contribution in [3.8, 4) is 28.5 Å². The fraction of sp³-hybridized carbons (Fsp3) is 0.125. The number of amides is 1. The number of hydrogen-bond acceptors (Lipinski definition) is 6. The van der Waals surface area contributed by atoms with Gasteiger partial charge in [-0.1, -0.05) is 36.4 Å². The van der Waals surface area contributed by atoms with Crippen LogP contribution in [0.5, 0.6) is 5.75 Å². The summed E-state index contributed by atoms with van der Waals surface area (Å²) in [6.07, 6.45) is 1.63. The zero-order chi connectivity index (χ0) is 22.1. The third-order valence-corrected chi connectivity index (χ3v) is 5.28. The largest absolute Gasteiger partial charge is 0.497 e. The Labute approximate surface area is 183 Å². The van der Waals surface area contributed by atoms with Crippen molar-refractivity contribution in [3.63, 3.8) is 0 Å². The molecule has 158 valence electrons. The highest BCUT2D eigenvalue weighted by molar-refractivity contribution is 6.12. The molecule has 0 aliphatic carbocycles. The molecule has 8 nitrogen and oxygen atoms in total. The average molecular weight is 425 g/mol. The number of ketones is 1. The molecule has 1 aliphatic heterocycles. The molecule has 0 unspecified atom stereocenters. The molecule has 1 amide bonds. The van der Waals surface area contributed by atoms with Crippen molar-refractivity contribution in [1.29, 1.82) is 0 Å². The number of fused-ring (bicyclic) bond motifs is 1. The number of aromatic nitrogens is 4. The topological polar surface area (TPSA) is 99.0 Å². The summed E-state index contributed by atoms with van der Waals surface area (Å²) >= 11 is 0. The Balaban J connectivity index is 1.54. The number of rotatable bonds is 5. The molecule has 8 heteroatoms. The van der Waals surface area contributed by atoms with E-state index in [-0.39, 0.29) is 11.7 Å².